The van der Waals surface area contributed by atoms with Gasteiger partial charge in [-0.1, -0.05) is 114 Å². The van der Waals surface area contributed by atoms with Gasteiger partial charge in [-0.3, -0.25) is 4.79 Å². The molecule has 9 fully saturated rings. The van der Waals surface area contributed by atoms with Crippen LogP contribution in [0.1, 0.15) is 225 Å². The van der Waals surface area contributed by atoms with Crippen LogP contribution in [0.4, 0.5) is 0 Å². The Labute approximate surface area is 387 Å². The minimum Gasteiger partial charge on any atom is -0.461 e. The highest BCUT2D eigenvalue weighted by atomic mass is 16.5. The summed E-state index contributed by atoms with van der Waals surface area (Å²) in [5.74, 6) is 5.26. The van der Waals surface area contributed by atoms with Crippen molar-refractivity contribution >= 4 is 5.97 Å². The highest BCUT2D eigenvalue weighted by molar-refractivity contribution is 5.79. The van der Waals surface area contributed by atoms with E-state index in [1.807, 2.05) is 0 Å². The molecule has 18 atom stereocenters. The summed E-state index contributed by atoms with van der Waals surface area (Å²) in [4.78, 5) is 15.6. The van der Waals surface area contributed by atoms with Crippen molar-refractivity contribution in [1.82, 2.24) is 0 Å². The van der Waals surface area contributed by atoms with Crippen LogP contribution in [0.25, 0.3) is 0 Å². The Morgan fingerprint density at radius 3 is 1.95 bits per heavy atom. The number of carbonyl (C=O) groups excluding carboxylic acids is 1. The lowest BCUT2D eigenvalue weighted by molar-refractivity contribution is -0.251. The summed E-state index contributed by atoms with van der Waals surface area (Å²) < 4.78 is 7.29. The Morgan fingerprint density at radius 1 is 0.619 bits per heavy atom. The van der Waals surface area contributed by atoms with Crippen LogP contribution in [0.3, 0.4) is 0 Å². The molecule has 10 rings (SSSR count). The van der Waals surface area contributed by atoms with Gasteiger partial charge in [-0.15, -0.1) is 0 Å². The van der Waals surface area contributed by atoms with Crippen LogP contribution < -0.4 is 0 Å². The van der Waals surface area contributed by atoms with Crippen LogP contribution in [0.15, 0.2) is 23.8 Å². The van der Waals surface area contributed by atoms with E-state index in [0.29, 0.717) is 39.9 Å². The molecular formula is C60H96O3. The third-order valence-corrected chi connectivity index (χ3v) is 26.7. The van der Waals surface area contributed by atoms with E-state index in [2.05, 4.69) is 110 Å². The van der Waals surface area contributed by atoms with Gasteiger partial charge in [0.1, 0.15) is 6.10 Å². The van der Waals surface area contributed by atoms with Crippen molar-refractivity contribution in [1.29, 1.82) is 0 Å². The normalized spacial score (nSPS) is 56.0. The fourth-order valence-electron chi connectivity index (χ4n) is 22.5. The first-order valence-electron chi connectivity index (χ1n) is 27.4. The second kappa shape index (κ2) is 13.8. The largest absolute Gasteiger partial charge is 0.461 e. The van der Waals surface area contributed by atoms with E-state index < -0.39 is 5.41 Å². The average Bonchev–Trinajstić information content (AvgIpc) is 3.55. The Balaban J connectivity index is 0.917. The number of hydrogen-bond donors (Lipinski definition) is 1. The highest BCUT2D eigenvalue weighted by Gasteiger charge is 2.73. The number of ether oxygens (including phenoxy) is 1. The maximum Gasteiger partial charge on any atom is 0.312 e. The molecule has 0 spiro atoms. The first kappa shape index (κ1) is 45.7. The number of carbonyl (C=O) groups is 1. The second-order valence-electron chi connectivity index (χ2n) is 29.8. The quantitative estimate of drug-likeness (QED) is 0.227. The third kappa shape index (κ3) is 5.68. The third-order valence-electron chi connectivity index (χ3n) is 26.7. The van der Waals surface area contributed by atoms with Crippen molar-refractivity contribution in [2.75, 3.05) is 0 Å². The highest BCUT2D eigenvalue weighted by Crippen LogP contribution is 2.79. The number of esters is 1. The first-order valence-corrected chi connectivity index (χ1v) is 27.4. The van der Waals surface area contributed by atoms with E-state index in [9.17, 15) is 5.11 Å². The van der Waals surface area contributed by atoms with Crippen molar-refractivity contribution in [3.63, 3.8) is 0 Å². The molecule has 354 valence electrons. The van der Waals surface area contributed by atoms with Crippen LogP contribution in [-0.2, 0) is 9.53 Å². The molecule has 0 aromatic carbocycles. The van der Waals surface area contributed by atoms with Crippen molar-refractivity contribution in [2.45, 2.75) is 238 Å². The summed E-state index contributed by atoms with van der Waals surface area (Å²) >= 11 is 0. The van der Waals surface area contributed by atoms with E-state index in [0.717, 1.165) is 75.5 Å². The lowest BCUT2D eigenvalue weighted by Gasteiger charge is -2.73. The van der Waals surface area contributed by atoms with Crippen molar-refractivity contribution in [3.8, 4) is 0 Å². The first-order chi connectivity index (χ1) is 29.1. The molecule has 0 heterocycles. The monoisotopic (exact) mass is 865 g/mol. The molecule has 0 saturated heterocycles. The van der Waals surface area contributed by atoms with Gasteiger partial charge in [0.05, 0.1) is 11.5 Å². The van der Waals surface area contributed by atoms with Crippen LogP contribution in [0.2, 0.25) is 0 Å². The SMILES string of the molecule is C=C(C)[C@@H]1CC[C@]2(C)CC[C@]3(C)[C@H](CC[C@@H]4[C@@]5(C)CCC(OC(=O)[C@]67CCC(C)(C)C[C@H]6C6=CCC8[C@@]9(C)CC[C@H](O)C(C)(C)[C@@H]9CC[C@@]8(C)[C@]6(C)CC7)C(C)(C)[C@@H]5CC[C@]43C)[C@@H]12. The molecule has 3 nitrogen and oxygen atoms in total. The predicted octanol–water partition coefficient (Wildman–Crippen LogP) is 15.7. The zero-order chi connectivity index (χ0) is 45.6. The van der Waals surface area contributed by atoms with Crippen molar-refractivity contribution in [2.24, 2.45) is 107 Å². The molecule has 0 aromatic rings. The Hall–Kier alpha value is -1.09. The Morgan fingerprint density at radius 2 is 1.25 bits per heavy atom. The number of aliphatic hydroxyl groups is 1. The molecule has 0 radical (unpaired) electrons. The molecule has 2 unspecified atom stereocenters. The van der Waals surface area contributed by atoms with Gasteiger partial charge < -0.3 is 9.84 Å². The van der Waals surface area contributed by atoms with Crippen LogP contribution in [0.5, 0.6) is 0 Å². The topological polar surface area (TPSA) is 46.5 Å². The molecule has 0 amide bonds. The van der Waals surface area contributed by atoms with E-state index in [1.165, 1.54) is 76.2 Å². The Kier molecular flexibility index (Phi) is 10.00. The van der Waals surface area contributed by atoms with E-state index in [1.54, 1.807) is 5.57 Å². The summed E-state index contributed by atoms with van der Waals surface area (Å²) in [6, 6.07) is 0. The number of aliphatic hydroxyl groups excluding tert-OH is 1. The van der Waals surface area contributed by atoms with E-state index in [4.69, 9.17) is 4.74 Å². The molecule has 0 aliphatic heterocycles. The Bertz CT molecular complexity index is 1940. The minimum absolute atomic E-state index is 0.00898. The molecular weight excluding hydrogens is 769 g/mol. The van der Waals surface area contributed by atoms with Gasteiger partial charge in [-0.25, -0.2) is 0 Å². The minimum atomic E-state index is -0.408. The lowest BCUT2D eigenvalue weighted by Crippen LogP contribution is -2.67. The zero-order valence-electron chi connectivity index (χ0n) is 43.5. The van der Waals surface area contributed by atoms with Gasteiger partial charge in [-0.2, -0.15) is 0 Å². The van der Waals surface area contributed by atoms with Gasteiger partial charge in [0.2, 0.25) is 0 Å². The molecule has 0 bridgehead atoms. The second-order valence-corrected chi connectivity index (χ2v) is 29.8. The van der Waals surface area contributed by atoms with Gasteiger partial charge in [0.25, 0.3) is 0 Å². The fourth-order valence-corrected chi connectivity index (χ4v) is 22.5. The molecule has 0 aromatic heterocycles. The van der Waals surface area contributed by atoms with Gasteiger partial charge >= 0.3 is 5.97 Å². The average molecular weight is 865 g/mol. The van der Waals surface area contributed by atoms with Gasteiger partial charge in [0.15, 0.2) is 0 Å². The number of rotatable bonds is 3. The van der Waals surface area contributed by atoms with Crippen molar-refractivity contribution < 1.29 is 14.6 Å². The molecule has 1 N–H and O–H groups in total. The predicted molar refractivity (Wildman–Crippen MR) is 260 cm³/mol. The van der Waals surface area contributed by atoms with Gasteiger partial charge in [0, 0.05) is 5.41 Å². The lowest BCUT2D eigenvalue weighted by atomic mass is 9.32. The molecule has 10 aliphatic carbocycles. The van der Waals surface area contributed by atoms with Crippen molar-refractivity contribution in [3.05, 3.63) is 23.8 Å². The summed E-state index contributed by atoms with van der Waals surface area (Å²) in [5, 5.41) is 11.3. The maximum atomic E-state index is 15.6. The fraction of sp³-hybridized carbons (Fsp3) is 0.917. The smallest absolute Gasteiger partial charge is 0.312 e. The van der Waals surface area contributed by atoms with Crippen LogP contribution in [-0.4, -0.2) is 23.3 Å². The molecule has 63 heavy (non-hydrogen) atoms. The summed E-state index contributed by atoms with van der Waals surface area (Å²) in [7, 11) is 0. The number of fused-ring (bicyclic) bond motifs is 14. The number of allylic oxidation sites excluding steroid dienone is 3. The molecule has 3 heteroatoms. The summed E-state index contributed by atoms with van der Waals surface area (Å²) in [5.41, 5.74) is 4.85. The standard InChI is InChI=1S/C60H96O3/c1-37(2)38-20-25-53(9)31-32-57(13)40(48(38)53)17-19-45-55(11)27-24-47(52(7,8)43(55)22-29-59(45,57)15)63-49(62)60-34-30-50(3,4)36-41(60)39-16-18-44-54(10)26-23-46(61)51(5,6)42(54)21-28-58(44,14)56(39,12)33-35-60/h16,38,40-48,61H,1,17-36H2,2-15H3/t38-,40+,41-,42-,43-,44?,45+,46-,47?,48+,53+,54-,55-,56+,57+,58+,59+,60-/m0/s1. The molecule has 9 saturated carbocycles. The van der Waals surface area contributed by atoms with E-state index in [-0.39, 0.29) is 62.0 Å². The van der Waals surface area contributed by atoms with Crippen LogP contribution in [0, 0.1) is 107 Å². The zero-order valence-corrected chi connectivity index (χ0v) is 43.5. The summed E-state index contributed by atoms with van der Waals surface area (Å²) in [6.45, 7) is 40.6. The summed E-state index contributed by atoms with van der Waals surface area (Å²) in [6.07, 6.45) is 26.6. The van der Waals surface area contributed by atoms with Gasteiger partial charge in [-0.05, 0) is 231 Å². The van der Waals surface area contributed by atoms with Crippen LogP contribution >= 0.6 is 0 Å². The number of hydrogen-bond acceptors (Lipinski definition) is 3. The maximum absolute atomic E-state index is 15.6. The van der Waals surface area contributed by atoms with E-state index >= 15 is 4.79 Å². The molecule has 10 aliphatic rings.